The van der Waals surface area contributed by atoms with Gasteiger partial charge in [0.2, 0.25) is 5.22 Å². The minimum atomic E-state index is -0.260. The van der Waals surface area contributed by atoms with Gasteiger partial charge in [-0.05, 0) is 42.8 Å². The number of hydrogen-bond donors (Lipinski definition) is 2. The zero-order valence-corrected chi connectivity index (χ0v) is 11.4. The van der Waals surface area contributed by atoms with Crippen molar-refractivity contribution >= 4 is 17.5 Å². The number of halogens is 1. The molecule has 1 aliphatic rings. The van der Waals surface area contributed by atoms with Crippen LogP contribution >= 0.6 is 11.6 Å². The Morgan fingerprint density at radius 1 is 1.53 bits per heavy atom. The van der Waals surface area contributed by atoms with Crippen LogP contribution in [0.15, 0.2) is 16.7 Å². The van der Waals surface area contributed by atoms with E-state index in [2.05, 4.69) is 5.32 Å². The van der Waals surface area contributed by atoms with Crippen molar-refractivity contribution in [1.82, 2.24) is 5.32 Å². The first-order chi connectivity index (χ1) is 9.22. The van der Waals surface area contributed by atoms with Crippen LogP contribution < -0.4 is 5.32 Å². The first-order valence-electron chi connectivity index (χ1n) is 6.45. The molecule has 2 N–H and O–H groups in total. The fraction of sp³-hybridized carbons (Fsp3) is 0.615. The SMILES string of the molecule is O=C(N[C@@H](CCO)C1CCOCC1)c1ccoc1Cl. The van der Waals surface area contributed by atoms with Gasteiger partial charge in [0.1, 0.15) is 0 Å². The highest BCUT2D eigenvalue weighted by Crippen LogP contribution is 2.22. The second kappa shape index (κ2) is 6.93. The normalized spacial score (nSPS) is 18.2. The molecule has 0 saturated carbocycles. The Morgan fingerprint density at radius 2 is 2.26 bits per heavy atom. The molecule has 5 nitrogen and oxygen atoms in total. The highest BCUT2D eigenvalue weighted by Gasteiger charge is 2.26. The van der Waals surface area contributed by atoms with Gasteiger partial charge in [-0.3, -0.25) is 4.79 Å². The van der Waals surface area contributed by atoms with Gasteiger partial charge in [0.15, 0.2) is 0 Å². The Hall–Kier alpha value is -1.04. The maximum atomic E-state index is 12.1. The number of furan rings is 1. The van der Waals surface area contributed by atoms with E-state index < -0.39 is 0 Å². The summed E-state index contributed by atoms with van der Waals surface area (Å²) in [5, 5.41) is 12.2. The number of aliphatic hydroxyl groups is 1. The molecule has 1 aliphatic heterocycles. The molecule has 2 heterocycles. The molecule has 19 heavy (non-hydrogen) atoms. The molecule has 0 bridgehead atoms. The standard InChI is InChI=1S/C13H18ClNO4/c14-12-10(4-8-19-12)13(17)15-11(1-5-16)9-2-6-18-7-3-9/h4,8-9,11,16H,1-3,5-7H2,(H,15,17)/t11-/m0/s1. The summed E-state index contributed by atoms with van der Waals surface area (Å²) >= 11 is 5.78. The number of hydrogen-bond acceptors (Lipinski definition) is 4. The molecule has 0 aliphatic carbocycles. The van der Waals surface area contributed by atoms with Gasteiger partial charge < -0.3 is 19.6 Å². The Balaban J connectivity index is 1.99. The number of nitrogens with one attached hydrogen (secondary N) is 1. The van der Waals surface area contributed by atoms with Crippen molar-refractivity contribution < 1.29 is 19.1 Å². The van der Waals surface area contributed by atoms with Crippen molar-refractivity contribution in [3.05, 3.63) is 23.1 Å². The van der Waals surface area contributed by atoms with E-state index in [4.69, 9.17) is 25.9 Å². The van der Waals surface area contributed by atoms with Crippen molar-refractivity contribution in [3.63, 3.8) is 0 Å². The molecule has 1 aromatic heterocycles. The van der Waals surface area contributed by atoms with Gasteiger partial charge in [-0.1, -0.05) is 0 Å². The highest BCUT2D eigenvalue weighted by molar-refractivity contribution is 6.32. The summed E-state index contributed by atoms with van der Waals surface area (Å²) in [4.78, 5) is 12.1. The van der Waals surface area contributed by atoms with Crippen LogP contribution in [0.1, 0.15) is 29.6 Å². The zero-order chi connectivity index (χ0) is 13.7. The lowest BCUT2D eigenvalue weighted by molar-refractivity contribution is 0.0478. The van der Waals surface area contributed by atoms with Gasteiger partial charge in [-0.25, -0.2) is 0 Å². The zero-order valence-electron chi connectivity index (χ0n) is 10.6. The van der Waals surface area contributed by atoms with Crippen LogP contribution in [-0.2, 0) is 4.74 Å². The summed E-state index contributed by atoms with van der Waals surface area (Å²) in [6, 6.07) is 1.48. The van der Waals surface area contributed by atoms with E-state index >= 15 is 0 Å². The van der Waals surface area contributed by atoms with E-state index in [0.717, 1.165) is 12.8 Å². The average Bonchev–Trinajstić information content (AvgIpc) is 2.85. The van der Waals surface area contributed by atoms with Crippen molar-refractivity contribution in [2.45, 2.75) is 25.3 Å². The smallest absolute Gasteiger partial charge is 0.256 e. The first kappa shape index (κ1) is 14.4. The van der Waals surface area contributed by atoms with Crippen LogP contribution in [0, 0.1) is 5.92 Å². The van der Waals surface area contributed by atoms with Crippen molar-refractivity contribution in [3.8, 4) is 0 Å². The van der Waals surface area contributed by atoms with Crippen molar-refractivity contribution in [1.29, 1.82) is 0 Å². The lowest BCUT2D eigenvalue weighted by Gasteiger charge is -2.30. The Kier molecular flexibility index (Phi) is 5.24. The maximum absolute atomic E-state index is 12.1. The Morgan fingerprint density at radius 3 is 2.84 bits per heavy atom. The minimum Gasteiger partial charge on any atom is -0.452 e. The fourth-order valence-electron chi connectivity index (χ4n) is 2.38. The number of aliphatic hydroxyl groups excluding tert-OH is 1. The van der Waals surface area contributed by atoms with Crippen LogP contribution in [0.3, 0.4) is 0 Å². The second-order valence-corrected chi connectivity index (χ2v) is 4.99. The summed E-state index contributed by atoms with van der Waals surface area (Å²) in [7, 11) is 0. The molecule has 2 rings (SSSR count). The van der Waals surface area contributed by atoms with E-state index in [0.29, 0.717) is 31.1 Å². The predicted octanol–water partition coefficient (Wildman–Crippen LogP) is 1.84. The van der Waals surface area contributed by atoms with E-state index in [1.54, 1.807) is 0 Å². The quantitative estimate of drug-likeness (QED) is 0.867. The summed E-state index contributed by atoms with van der Waals surface area (Å²) < 4.78 is 10.2. The van der Waals surface area contributed by atoms with Crippen LogP contribution in [0.25, 0.3) is 0 Å². The van der Waals surface area contributed by atoms with Crippen LogP contribution in [0.5, 0.6) is 0 Å². The molecule has 0 aromatic carbocycles. The first-order valence-corrected chi connectivity index (χ1v) is 6.82. The molecule has 0 spiro atoms. The number of rotatable bonds is 5. The molecular formula is C13H18ClNO4. The van der Waals surface area contributed by atoms with Gasteiger partial charge >= 0.3 is 0 Å². The summed E-state index contributed by atoms with van der Waals surface area (Å²) in [6.45, 7) is 1.45. The highest BCUT2D eigenvalue weighted by atomic mass is 35.5. The molecule has 1 atom stereocenters. The van der Waals surface area contributed by atoms with Gasteiger partial charge in [-0.2, -0.15) is 0 Å². The van der Waals surface area contributed by atoms with E-state index in [1.165, 1.54) is 12.3 Å². The molecule has 0 radical (unpaired) electrons. The molecule has 0 unspecified atom stereocenters. The van der Waals surface area contributed by atoms with Crippen molar-refractivity contribution in [2.75, 3.05) is 19.8 Å². The number of carbonyl (C=O) groups is 1. The van der Waals surface area contributed by atoms with E-state index in [-0.39, 0.29) is 23.8 Å². The fourth-order valence-corrected chi connectivity index (χ4v) is 2.59. The minimum absolute atomic E-state index is 0.0431. The third-order valence-corrected chi connectivity index (χ3v) is 3.75. The molecule has 1 amide bonds. The van der Waals surface area contributed by atoms with Gasteiger partial charge in [0.05, 0.1) is 11.8 Å². The van der Waals surface area contributed by atoms with Crippen molar-refractivity contribution in [2.24, 2.45) is 5.92 Å². The molecule has 106 valence electrons. The van der Waals surface area contributed by atoms with Gasteiger partial charge in [0.25, 0.3) is 5.91 Å². The topological polar surface area (TPSA) is 71.7 Å². The number of carbonyl (C=O) groups excluding carboxylic acids is 1. The molecule has 6 heteroatoms. The predicted molar refractivity (Wildman–Crippen MR) is 70.2 cm³/mol. The number of amides is 1. The van der Waals surface area contributed by atoms with E-state index in [1.807, 2.05) is 0 Å². The van der Waals surface area contributed by atoms with Gasteiger partial charge in [-0.15, -0.1) is 0 Å². The summed E-state index contributed by atoms with van der Waals surface area (Å²) in [5.41, 5.74) is 0.330. The molecular weight excluding hydrogens is 270 g/mol. The van der Waals surface area contributed by atoms with Crippen LogP contribution in [-0.4, -0.2) is 36.9 Å². The lowest BCUT2D eigenvalue weighted by atomic mass is 9.89. The maximum Gasteiger partial charge on any atom is 0.256 e. The largest absolute Gasteiger partial charge is 0.452 e. The Labute approximate surface area is 116 Å². The third kappa shape index (κ3) is 3.72. The monoisotopic (exact) mass is 287 g/mol. The second-order valence-electron chi connectivity index (χ2n) is 4.65. The lowest BCUT2D eigenvalue weighted by Crippen LogP contribution is -2.43. The summed E-state index contributed by atoms with van der Waals surface area (Å²) in [5.74, 6) is 0.0687. The van der Waals surface area contributed by atoms with Crippen LogP contribution in [0.2, 0.25) is 5.22 Å². The third-order valence-electron chi connectivity index (χ3n) is 3.45. The number of ether oxygens (including phenoxy) is 1. The molecule has 1 saturated heterocycles. The van der Waals surface area contributed by atoms with E-state index in [9.17, 15) is 4.79 Å². The molecule has 1 aromatic rings. The average molecular weight is 288 g/mol. The summed E-state index contributed by atoms with van der Waals surface area (Å²) in [6.07, 6.45) is 3.70. The molecule has 1 fully saturated rings. The van der Waals surface area contributed by atoms with Crippen LogP contribution in [0.4, 0.5) is 0 Å². The van der Waals surface area contributed by atoms with Gasteiger partial charge in [0, 0.05) is 25.9 Å². The Bertz CT molecular complexity index is 415.